The number of benzene rings is 2. The third-order valence-corrected chi connectivity index (χ3v) is 2.68. The minimum Gasteiger partial charge on any atom is -0.493 e. The van der Waals surface area contributed by atoms with E-state index in [1.807, 2.05) is 6.92 Å². The summed E-state index contributed by atoms with van der Waals surface area (Å²) in [5.74, 6) is -0.172. The van der Waals surface area contributed by atoms with Gasteiger partial charge in [-0.15, -0.1) is 0 Å². The molecule has 2 aromatic rings. The number of nitrogens with zero attached hydrogens (tertiary/aromatic N) is 1. The van der Waals surface area contributed by atoms with Gasteiger partial charge in [0, 0.05) is 0 Å². The molecule has 0 heterocycles. The van der Waals surface area contributed by atoms with E-state index in [2.05, 4.69) is 10.5 Å². The van der Waals surface area contributed by atoms with Gasteiger partial charge in [0.05, 0.1) is 18.4 Å². The number of ether oxygens (including phenoxy) is 1. The van der Waals surface area contributed by atoms with Gasteiger partial charge in [0.2, 0.25) is 0 Å². The highest BCUT2D eigenvalue weighted by Crippen LogP contribution is 2.17. The van der Waals surface area contributed by atoms with Crippen LogP contribution in [0.25, 0.3) is 0 Å². The van der Waals surface area contributed by atoms with Crippen LogP contribution in [-0.4, -0.2) is 18.7 Å². The molecule has 0 bridgehead atoms. The molecule has 0 atom stereocenters. The molecule has 1 amide bonds. The zero-order valence-corrected chi connectivity index (χ0v) is 11.5. The lowest BCUT2D eigenvalue weighted by molar-refractivity contribution is 0.0951. The Morgan fingerprint density at radius 3 is 2.67 bits per heavy atom. The molecule has 0 fully saturated rings. The fourth-order valence-corrected chi connectivity index (χ4v) is 1.71. The number of para-hydroxylation sites is 1. The van der Waals surface area contributed by atoms with Crippen molar-refractivity contribution in [2.45, 2.75) is 6.92 Å². The summed E-state index contributed by atoms with van der Waals surface area (Å²) in [5.41, 5.74) is 3.52. The van der Waals surface area contributed by atoms with E-state index in [0.29, 0.717) is 23.5 Å². The molecule has 0 aromatic heterocycles. The summed E-state index contributed by atoms with van der Waals surface area (Å²) in [5, 5.41) is 3.85. The fraction of sp³-hybridized carbons (Fsp3) is 0.125. The quantitative estimate of drug-likeness (QED) is 0.678. The lowest BCUT2D eigenvalue weighted by atomic mass is 10.2. The molecule has 2 rings (SSSR count). The van der Waals surface area contributed by atoms with Crippen LogP contribution >= 0.6 is 0 Å². The SMILES string of the molecule is CCOc1ccccc1C(=O)NN=Cc1ccc(F)cc1. The van der Waals surface area contributed by atoms with Gasteiger partial charge in [-0.05, 0) is 36.8 Å². The Morgan fingerprint density at radius 1 is 1.24 bits per heavy atom. The Kier molecular flexibility index (Phi) is 5.04. The van der Waals surface area contributed by atoms with E-state index >= 15 is 0 Å². The van der Waals surface area contributed by atoms with Gasteiger partial charge in [-0.25, -0.2) is 9.82 Å². The van der Waals surface area contributed by atoms with Crippen LogP contribution in [0.15, 0.2) is 53.6 Å². The van der Waals surface area contributed by atoms with E-state index < -0.39 is 0 Å². The van der Waals surface area contributed by atoms with E-state index in [-0.39, 0.29) is 11.7 Å². The number of halogens is 1. The van der Waals surface area contributed by atoms with Crippen LogP contribution in [0, 0.1) is 5.82 Å². The van der Waals surface area contributed by atoms with Crippen LogP contribution in [0.3, 0.4) is 0 Å². The Hall–Kier alpha value is -2.69. The first-order chi connectivity index (χ1) is 10.2. The fourth-order valence-electron chi connectivity index (χ4n) is 1.71. The van der Waals surface area contributed by atoms with Crippen molar-refractivity contribution in [2.24, 2.45) is 5.10 Å². The molecule has 0 aliphatic heterocycles. The predicted molar refractivity (Wildman–Crippen MR) is 79.1 cm³/mol. The molecule has 108 valence electrons. The van der Waals surface area contributed by atoms with E-state index in [1.165, 1.54) is 18.3 Å². The second-order valence-corrected chi connectivity index (χ2v) is 4.18. The number of carbonyl (C=O) groups is 1. The average Bonchev–Trinajstić information content (AvgIpc) is 2.50. The van der Waals surface area contributed by atoms with E-state index in [9.17, 15) is 9.18 Å². The predicted octanol–water partition coefficient (Wildman–Crippen LogP) is 2.99. The third-order valence-electron chi connectivity index (χ3n) is 2.68. The summed E-state index contributed by atoms with van der Waals surface area (Å²) >= 11 is 0. The van der Waals surface area contributed by atoms with E-state index in [4.69, 9.17) is 4.74 Å². The molecule has 0 aliphatic rings. The number of nitrogens with one attached hydrogen (secondary N) is 1. The Morgan fingerprint density at radius 2 is 1.95 bits per heavy atom. The van der Waals surface area contributed by atoms with E-state index in [1.54, 1.807) is 36.4 Å². The summed E-state index contributed by atoms with van der Waals surface area (Å²) in [6, 6.07) is 12.7. The van der Waals surface area contributed by atoms with Crippen LogP contribution < -0.4 is 10.2 Å². The second-order valence-electron chi connectivity index (χ2n) is 4.18. The number of amides is 1. The minimum atomic E-state index is -0.364. The molecule has 0 spiro atoms. The highest BCUT2D eigenvalue weighted by atomic mass is 19.1. The van der Waals surface area contributed by atoms with Gasteiger partial charge >= 0.3 is 0 Å². The number of hydrogen-bond donors (Lipinski definition) is 1. The zero-order chi connectivity index (χ0) is 15.1. The summed E-state index contributed by atoms with van der Waals surface area (Å²) in [7, 11) is 0. The van der Waals surface area contributed by atoms with Crippen molar-refractivity contribution in [1.29, 1.82) is 0 Å². The highest BCUT2D eigenvalue weighted by molar-refractivity contribution is 5.97. The van der Waals surface area contributed by atoms with Crippen molar-refractivity contribution < 1.29 is 13.9 Å². The molecule has 0 unspecified atom stereocenters. The largest absolute Gasteiger partial charge is 0.493 e. The zero-order valence-electron chi connectivity index (χ0n) is 11.5. The smallest absolute Gasteiger partial charge is 0.275 e. The maximum atomic E-state index is 12.7. The first kappa shape index (κ1) is 14.7. The first-order valence-electron chi connectivity index (χ1n) is 6.51. The number of hydrogen-bond acceptors (Lipinski definition) is 3. The molecule has 4 nitrogen and oxygen atoms in total. The van der Waals surface area contributed by atoms with Crippen molar-refractivity contribution in [3.8, 4) is 5.75 Å². The average molecular weight is 286 g/mol. The molecule has 0 radical (unpaired) electrons. The Bertz CT molecular complexity index is 639. The van der Waals surface area contributed by atoms with Gasteiger partial charge in [0.1, 0.15) is 11.6 Å². The van der Waals surface area contributed by atoms with Crippen LogP contribution in [0.1, 0.15) is 22.8 Å². The van der Waals surface area contributed by atoms with Gasteiger partial charge in [-0.2, -0.15) is 5.10 Å². The van der Waals surface area contributed by atoms with Gasteiger partial charge < -0.3 is 4.74 Å². The molecule has 0 saturated carbocycles. The number of hydrazone groups is 1. The normalized spacial score (nSPS) is 10.6. The summed E-state index contributed by atoms with van der Waals surface area (Å²) in [6.45, 7) is 2.32. The van der Waals surface area contributed by atoms with Crippen molar-refractivity contribution in [2.75, 3.05) is 6.61 Å². The number of rotatable bonds is 5. The standard InChI is InChI=1S/C16H15FN2O2/c1-2-21-15-6-4-3-5-14(15)16(20)19-18-11-12-7-9-13(17)10-8-12/h3-11H,2H2,1H3,(H,19,20). The molecular formula is C16H15FN2O2. The van der Waals surface area contributed by atoms with Crippen LogP contribution in [0.4, 0.5) is 4.39 Å². The first-order valence-corrected chi connectivity index (χ1v) is 6.51. The molecule has 1 N–H and O–H groups in total. The minimum absolute atomic E-state index is 0.318. The lowest BCUT2D eigenvalue weighted by Crippen LogP contribution is -2.18. The maximum Gasteiger partial charge on any atom is 0.275 e. The topological polar surface area (TPSA) is 50.7 Å². The summed E-state index contributed by atoms with van der Waals surface area (Å²) in [4.78, 5) is 12.0. The van der Waals surface area contributed by atoms with Gasteiger partial charge in [0.25, 0.3) is 5.91 Å². The molecule has 5 heteroatoms. The van der Waals surface area contributed by atoms with Gasteiger partial charge in [0.15, 0.2) is 0 Å². The van der Waals surface area contributed by atoms with Crippen molar-refractivity contribution >= 4 is 12.1 Å². The summed E-state index contributed by atoms with van der Waals surface area (Å²) in [6.07, 6.45) is 1.45. The maximum absolute atomic E-state index is 12.7. The molecule has 0 aliphatic carbocycles. The number of carbonyl (C=O) groups excluding carboxylic acids is 1. The van der Waals surface area contributed by atoms with Crippen LogP contribution in [-0.2, 0) is 0 Å². The van der Waals surface area contributed by atoms with E-state index in [0.717, 1.165) is 0 Å². The van der Waals surface area contributed by atoms with Crippen molar-refractivity contribution in [1.82, 2.24) is 5.43 Å². The molecule has 21 heavy (non-hydrogen) atoms. The van der Waals surface area contributed by atoms with Crippen molar-refractivity contribution in [3.05, 3.63) is 65.5 Å². The Labute approximate surface area is 122 Å². The van der Waals surface area contributed by atoms with Gasteiger partial charge in [-0.3, -0.25) is 4.79 Å². The van der Waals surface area contributed by atoms with Crippen LogP contribution in [0.2, 0.25) is 0 Å². The summed E-state index contributed by atoms with van der Waals surface area (Å²) < 4.78 is 18.1. The van der Waals surface area contributed by atoms with Crippen LogP contribution in [0.5, 0.6) is 5.75 Å². The second kappa shape index (κ2) is 7.19. The highest BCUT2D eigenvalue weighted by Gasteiger charge is 2.10. The van der Waals surface area contributed by atoms with Crippen molar-refractivity contribution in [3.63, 3.8) is 0 Å². The Balaban J connectivity index is 2.03. The molecule has 2 aromatic carbocycles. The monoisotopic (exact) mass is 286 g/mol. The molecule has 0 saturated heterocycles. The molecular weight excluding hydrogens is 271 g/mol. The van der Waals surface area contributed by atoms with Gasteiger partial charge in [-0.1, -0.05) is 24.3 Å². The third kappa shape index (κ3) is 4.14. The lowest BCUT2D eigenvalue weighted by Gasteiger charge is -2.08.